The molecule has 0 saturated carbocycles. The molecule has 8 atom stereocenters. The van der Waals surface area contributed by atoms with Crippen LogP contribution in [0.15, 0.2) is 47.8 Å². The number of rotatable bonds is 28. The molecule has 1 aliphatic rings. The van der Waals surface area contributed by atoms with E-state index in [1.807, 2.05) is 13.8 Å². The van der Waals surface area contributed by atoms with Gasteiger partial charge in [0, 0.05) is 37.8 Å². The van der Waals surface area contributed by atoms with Crippen LogP contribution in [-0.2, 0) is 51.2 Å². The number of nitrogens with zero attached hydrogens (tertiary/aromatic N) is 3. The first-order valence-electron chi connectivity index (χ1n) is 23.0. The van der Waals surface area contributed by atoms with E-state index in [1.54, 1.807) is 58.2 Å². The number of H-pyrrole nitrogens is 1. The van der Waals surface area contributed by atoms with Crippen molar-refractivity contribution >= 4 is 53.3 Å². The summed E-state index contributed by atoms with van der Waals surface area (Å²) >= 11 is 0. The largest absolute Gasteiger partial charge is 0.480 e. The van der Waals surface area contributed by atoms with Crippen molar-refractivity contribution < 1.29 is 43.5 Å². The number of aliphatic imine (C=N–C) groups is 1. The van der Waals surface area contributed by atoms with Crippen molar-refractivity contribution in [3.63, 3.8) is 0 Å². The zero-order valence-electron chi connectivity index (χ0n) is 39.4. The molecule has 22 heteroatoms. The zero-order valence-corrected chi connectivity index (χ0v) is 39.4. The number of guanidine groups is 1. The highest BCUT2D eigenvalue weighted by atomic mass is 16.4. The average Bonchev–Trinajstić information content (AvgIpc) is 4.00. The predicted octanol–water partition coefficient (Wildman–Crippen LogP) is -1.05. The number of carbonyl (C=O) groups is 8. The number of imidazole rings is 1. The molecule has 22 nitrogen and oxygen atoms in total. The summed E-state index contributed by atoms with van der Waals surface area (Å²) < 4.78 is 0. The van der Waals surface area contributed by atoms with Gasteiger partial charge in [-0.1, -0.05) is 77.8 Å². The summed E-state index contributed by atoms with van der Waals surface area (Å²) in [5, 5.41) is 29.1. The molecule has 67 heavy (non-hydrogen) atoms. The number of likely N-dealkylation sites (N-methyl/N-ethyl adjacent to an activating group) is 1. The Morgan fingerprint density at radius 3 is 2.04 bits per heavy atom. The summed E-state index contributed by atoms with van der Waals surface area (Å²) in [4.78, 5) is 121. The molecule has 2 heterocycles. The number of benzene rings is 1. The number of aromatic nitrogens is 2. The standard InChI is InChI=1S/C45H71N13O9/c1-7-14-30(53-41(63)36(26(3)4)56-39(61)31(52-35(59)24-48-6)17-12-19-50-45(46)47)38(60)57-37(27(5)8-2)42(64)54-32(22-29-23-49-25-51-29)43(65)58-20-13-18-34(58)40(62)55-33(44(66)67)21-28-15-10-9-11-16-28/h9-11,15-16,23,25-27,30-34,36-37,48H,7-8,12-14,17-22,24H2,1-6H3,(H,49,51)(H,52,59)(H,53,63)(H,54,64)(H,55,62)(H,56,61)(H,57,60)(H,66,67)(H4,46,47,50)/t27-,30-,31-,32-,33-,34-,36-,37-/m0/s1. The molecule has 370 valence electrons. The fraction of sp³-hybridized carbons (Fsp3) is 0.600. The number of nitrogens with one attached hydrogen (secondary N) is 8. The number of likely N-dealkylation sites (tertiary alicyclic amines) is 1. The number of hydrogen-bond donors (Lipinski definition) is 11. The summed E-state index contributed by atoms with van der Waals surface area (Å²) in [5.41, 5.74) is 12.1. The van der Waals surface area contributed by atoms with Crippen LogP contribution in [0.1, 0.15) is 90.8 Å². The minimum atomic E-state index is -1.25. The van der Waals surface area contributed by atoms with Crippen molar-refractivity contribution in [1.29, 1.82) is 0 Å². The van der Waals surface area contributed by atoms with Crippen LogP contribution in [0.4, 0.5) is 0 Å². The van der Waals surface area contributed by atoms with Gasteiger partial charge >= 0.3 is 5.97 Å². The molecule has 0 aliphatic carbocycles. The van der Waals surface area contributed by atoms with Crippen molar-refractivity contribution in [3.8, 4) is 0 Å². The molecule has 1 aromatic carbocycles. The second-order valence-electron chi connectivity index (χ2n) is 17.2. The molecular weight excluding hydrogens is 867 g/mol. The third kappa shape index (κ3) is 17.6. The first-order chi connectivity index (χ1) is 31.9. The number of carboxylic acid groups (broad SMARTS) is 1. The van der Waals surface area contributed by atoms with Gasteiger partial charge in [-0.15, -0.1) is 0 Å². The topological polar surface area (TPSA) is 337 Å². The molecular formula is C45H71N13O9. The van der Waals surface area contributed by atoms with Crippen LogP contribution in [0.2, 0.25) is 0 Å². The van der Waals surface area contributed by atoms with Gasteiger partial charge in [0.05, 0.1) is 12.9 Å². The van der Waals surface area contributed by atoms with E-state index in [-0.39, 0.29) is 57.7 Å². The summed E-state index contributed by atoms with van der Waals surface area (Å²) in [6.07, 6.45) is 5.19. The van der Waals surface area contributed by atoms with Gasteiger partial charge in [0.15, 0.2) is 5.96 Å². The van der Waals surface area contributed by atoms with Gasteiger partial charge in [0.1, 0.15) is 42.3 Å². The highest BCUT2D eigenvalue weighted by Crippen LogP contribution is 2.21. The van der Waals surface area contributed by atoms with Crippen molar-refractivity contribution in [3.05, 3.63) is 54.1 Å². The van der Waals surface area contributed by atoms with Gasteiger partial charge in [0.2, 0.25) is 41.4 Å². The molecule has 1 fully saturated rings. The van der Waals surface area contributed by atoms with Crippen LogP contribution in [0.3, 0.4) is 0 Å². The molecule has 1 aliphatic heterocycles. The second kappa shape index (κ2) is 27.8. The molecule has 7 amide bonds. The summed E-state index contributed by atoms with van der Waals surface area (Å²) in [6, 6.07) is 0.880. The lowest BCUT2D eigenvalue weighted by atomic mass is 9.96. The first kappa shape index (κ1) is 54.8. The molecule has 0 bridgehead atoms. The van der Waals surface area contributed by atoms with Crippen molar-refractivity contribution in [2.75, 3.05) is 26.7 Å². The quantitative estimate of drug-likeness (QED) is 0.0276. The monoisotopic (exact) mass is 938 g/mol. The Labute approximate surface area is 391 Å². The maximum absolute atomic E-state index is 14.4. The summed E-state index contributed by atoms with van der Waals surface area (Å²) in [6.45, 7) is 9.16. The van der Waals surface area contributed by atoms with Crippen LogP contribution in [-0.4, -0.2) is 142 Å². The second-order valence-corrected chi connectivity index (χ2v) is 17.2. The van der Waals surface area contributed by atoms with Gasteiger partial charge in [-0.3, -0.25) is 38.6 Å². The normalized spacial score (nSPS) is 16.5. The molecule has 1 saturated heterocycles. The smallest absolute Gasteiger partial charge is 0.326 e. The summed E-state index contributed by atoms with van der Waals surface area (Å²) in [7, 11) is 1.58. The molecule has 1 aromatic heterocycles. The Balaban J connectivity index is 1.80. The maximum Gasteiger partial charge on any atom is 0.326 e. The Morgan fingerprint density at radius 1 is 0.821 bits per heavy atom. The van der Waals surface area contributed by atoms with E-state index in [1.165, 1.54) is 17.4 Å². The Kier molecular flexibility index (Phi) is 22.7. The Bertz CT molecular complexity index is 1980. The van der Waals surface area contributed by atoms with E-state index < -0.39 is 101 Å². The lowest BCUT2D eigenvalue weighted by Crippen LogP contribution is -2.61. The van der Waals surface area contributed by atoms with E-state index in [0.717, 1.165) is 0 Å². The Morgan fingerprint density at radius 2 is 1.46 bits per heavy atom. The molecule has 0 unspecified atom stereocenters. The predicted molar refractivity (Wildman–Crippen MR) is 249 cm³/mol. The number of aliphatic carboxylic acids is 1. The van der Waals surface area contributed by atoms with E-state index in [2.05, 4.69) is 52.2 Å². The van der Waals surface area contributed by atoms with Crippen molar-refractivity contribution in [1.82, 2.24) is 52.1 Å². The molecule has 0 spiro atoms. The van der Waals surface area contributed by atoms with Gasteiger partial charge in [-0.25, -0.2) is 9.78 Å². The van der Waals surface area contributed by atoms with E-state index >= 15 is 0 Å². The van der Waals surface area contributed by atoms with Gasteiger partial charge in [0.25, 0.3) is 0 Å². The lowest BCUT2D eigenvalue weighted by molar-refractivity contribution is -0.145. The van der Waals surface area contributed by atoms with Crippen molar-refractivity contribution in [2.45, 2.75) is 135 Å². The number of carboxylic acids is 1. The number of carbonyl (C=O) groups excluding carboxylic acids is 7. The number of nitrogens with two attached hydrogens (primary N) is 2. The average molecular weight is 938 g/mol. The van der Waals surface area contributed by atoms with Crippen LogP contribution < -0.4 is 48.7 Å². The first-order valence-corrected chi connectivity index (χ1v) is 23.0. The SMILES string of the molecule is CCC[C@H](NC(=O)[C@@H](NC(=O)[C@H](CCCN=C(N)N)NC(=O)CNC)C(C)C)C(=O)N[C@H](C(=O)N[C@@H](Cc1cnc[nH]1)C(=O)N1CCC[C@H]1C(=O)N[C@@H](Cc1ccccc1)C(=O)O)[C@@H](C)CC. The van der Waals surface area contributed by atoms with Crippen LogP contribution in [0.5, 0.6) is 0 Å². The van der Waals surface area contributed by atoms with E-state index in [0.29, 0.717) is 36.9 Å². The number of hydrogen-bond acceptors (Lipinski definition) is 11. The molecule has 13 N–H and O–H groups in total. The highest BCUT2D eigenvalue weighted by Gasteiger charge is 2.41. The van der Waals surface area contributed by atoms with Gasteiger partial charge < -0.3 is 63.7 Å². The fourth-order valence-corrected chi connectivity index (χ4v) is 7.64. The van der Waals surface area contributed by atoms with Crippen LogP contribution in [0.25, 0.3) is 0 Å². The maximum atomic E-state index is 14.4. The zero-order chi connectivity index (χ0) is 49.6. The summed E-state index contributed by atoms with van der Waals surface area (Å²) in [5.74, 6) is -6.57. The number of aromatic amines is 1. The van der Waals surface area contributed by atoms with E-state index in [4.69, 9.17) is 11.5 Å². The van der Waals surface area contributed by atoms with Crippen LogP contribution >= 0.6 is 0 Å². The third-order valence-corrected chi connectivity index (χ3v) is 11.5. The lowest BCUT2D eigenvalue weighted by Gasteiger charge is -2.32. The van der Waals surface area contributed by atoms with Crippen LogP contribution in [0, 0.1) is 11.8 Å². The number of amides is 7. The molecule has 3 rings (SSSR count). The van der Waals surface area contributed by atoms with E-state index in [9.17, 15) is 43.5 Å². The molecule has 2 aromatic rings. The molecule has 0 radical (unpaired) electrons. The minimum absolute atomic E-state index is 0.0316. The third-order valence-electron chi connectivity index (χ3n) is 11.5. The van der Waals surface area contributed by atoms with Gasteiger partial charge in [-0.2, -0.15) is 0 Å². The fourth-order valence-electron chi connectivity index (χ4n) is 7.64. The minimum Gasteiger partial charge on any atom is -0.480 e. The highest BCUT2D eigenvalue weighted by molar-refractivity contribution is 5.98. The van der Waals surface area contributed by atoms with Gasteiger partial charge in [-0.05, 0) is 56.6 Å². The van der Waals surface area contributed by atoms with Crippen molar-refractivity contribution in [2.24, 2.45) is 28.3 Å². The Hall–Kier alpha value is -6.58.